The molecule has 2 N–H and O–H groups in total. The summed E-state index contributed by atoms with van der Waals surface area (Å²) in [6.45, 7) is 9.38. The van der Waals surface area contributed by atoms with Crippen molar-refractivity contribution in [3.05, 3.63) is 35.7 Å². The summed E-state index contributed by atoms with van der Waals surface area (Å²) in [7, 11) is 0. The predicted octanol–water partition coefficient (Wildman–Crippen LogP) is 4.75. The van der Waals surface area contributed by atoms with E-state index in [2.05, 4.69) is 26.1 Å². The summed E-state index contributed by atoms with van der Waals surface area (Å²) < 4.78 is 25.4. The van der Waals surface area contributed by atoms with Gasteiger partial charge in [0.2, 0.25) is 0 Å². The number of ether oxygens (including phenoxy) is 2. The van der Waals surface area contributed by atoms with Crippen molar-refractivity contribution < 1.29 is 23.8 Å². The molecule has 172 valence electrons. The van der Waals surface area contributed by atoms with Crippen molar-refractivity contribution in [2.24, 2.45) is 5.92 Å². The molecule has 5 nitrogen and oxygen atoms in total. The molecule has 0 aromatic rings. The molecule has 0 aliphatic heterocycles. The van der Waals surface area contributed by atoms with Crippen LogP contribution in [-0.2, 0) is 14.3 Å². The van der Waals surface area contributed by atoms with E-state index in [-0.39, 0.29) is 6.04 Å². The number of thioether (sulfide) groups is 1. The van der Waals surface area contributed by atoms with Crippen molar-refractivity contribution in [2.45, 2.75) is 57.7 Å². The average molecular weight is 444 g/mol. The molecule has 3 atom stereocenters. The summed E-state index contributed by atoms with van der Waals surface area (Å²) in [5.74, 6) is -1.52. The topological polar surface area (TPSA) is 67.8 Å². The first-order valence-electron chi connectivity index (χ1n) is 11.0. The molecule has 0 bridgehead atoms. The molecular weight excluding hydrogens is 405 g/mol. The van der Waals surface area contributed by atoms with Gasteiger partial charge in [0.1, 0.15) is 5.83 Å². The van der Waals surface area contributed by atoms with E-state index in [0.29, 0.717) is 37.2 Å². The van der Waals surface area contributed by atoms with Crippen LogP contribution in [0.3, 0.4) is 0 Å². The Hall–Kier alpha value is -1.15. The summed E-state index contributed by atoms with van der Waals surface area (Å²) in [4.78, 5) is 11.1. The van der Waals surface area contributed by atoms with Gasteiger partial charge in [0.25, 0.3) is 0 Å². The number of carbonyl (C=O) groups is 1. The second-order valence-corrected chi connectivity index (χ2v) is 9.04. The molecule has 1 aliphatic rings. The molecular formula is C23H38FNO4S. The molecule has 1 rings (SSSR count). The van der Waals surface area contributed by atoms with E-state index in [0.717, 1.165) is 24.9 Å². The van der Waals surface area contributed by atoms with E-state index in [1.807, 2.05) is 11.8 Å². The maximum absolute atomic E-state index is 13.9. The minimum absolute atomic E-state index is 0.0966. The summed E-state index contributed by atoms with van der Waals surface area (Å²) >= 11 is 1.84. The molecule has 0 aromatic carbocycles. The van der Waals surface area contributed by atoms with Crippen molar-refractivity contribution in [3.63, 3.8) is 0 Å². The van der Waals surface area contributed by atoms with E-state index in [4.69, 9.17) is 14.6 Å². The van der Waals surface area contributed by atoms with Gasteiger partial charge in [-0.15, -0.1) is 0 Å². The standard InChI is InChI=1S/C23H38FNO4S/c1-4-6-7-8-11-28-12-13-29-17-22(18(3)30-5-2)25-16-19-9-10-20(23(26)27)15-21(24)14-19/h9-10,14-15,18,20,22,25H,4-8,11-13,16-17H2,1-3H3,(H,26,27)/t18?,20-,22?/m0/s1. The second-order valence-electron chi connectivity index (χ2n) is 7.39. The highest BCUT2D eigenvalue weighted by atomic mass is 32.2. The second kappa shape index (κ2) is 16.5. The van der Waals surface area contributed by atoms with Crippen LogP contribution < -0.4 is 5.32 Å². The van der Waals surface area contributed by atoms with Crippen molar-refractivity contribution in [1.29, 1.82) is 0 Å². The zero-order chi connectivity index (χ0) is 22.2. The highest BCUT2D eigenvalue weighted by Crippen LogP contribution is 2.18. The van der Waals surface area contributed by atoms with Crippen molar-refractivity contribution >= 4 is 17.7 Å². The number of carboxylic acids is 1. The fourth-order valence-electron chi connectivity index (χ4n) is 3.04. The van der Waals surface area contributed by atoms with Crippen LogP contribution in [0.2, 0.25) is 0 Å². The van der Waals surface area contributed by atoms with Gasteiger partial charge in [-0.05, 0) is 29.9 Å². The number of hydrogen-bond acceptors (Lipinski definition) is 5. The molecule has 0 heterocycles. The SMILES string of the molecule is CCCCCCOCCOCC(NCC1=CC(F)=C[C@@H](C(=O)O)C=C1)C(C)SCC. The van der Waals surface area contributed by atoms with E-state index in [1.165, 1.54) is 31.4 Å². The maximum Gasteiger partial charge on any atom is 0.314 e. The lowest BCUT2D eigenvalue weighted by Crippen LogP contribution is -2.42. The Kier molecular flexibility index (Phi) is 14.8. The van der Waals surface area contributed by atoms with Crippen LogP contribution >= 0.6 is 11.8 Å². The van der Waals surface area contributed by atoms with Crippen LogP contribution in [0.1, 0.15) is 46.5 Å². The van der Waals surface area contributed by atoms with Gasteiger partial charge in [0.05, 0.1) is 25.7 Å². The van der Waals surface area contributed by atoms with E-state index >= 15 is 0 Å². The highest BCUT2D eigenvalue weighted by molar-refractivity contribution is 7.99. The first kappa shape index (κ1) is 26.9. The van der Waals surface area contributed by atoms with Crippen LogP contribution in [0.25, 0.3) is 0 Å². The van der Waals surface area contributed by atoms with Gasteiger partial charge in [-0.25, -0.2) is 4.39 Å². The number of aliphatic carboxylic acids is 1. The van der Waals surface area contributed by atoms with Crippen molar-refractivity contribution in [3.8, 4) is 0 Å². The number of hydrogen-bond donors (Lipinski definition) is 2. The predicted molar refractivity (Wildman–Crippen MR) is 123 cm³/mol. The average Bonchev–Trinajstić information content (AvgIpc) is 2.90. The number of halogens is 1. The number of unbranched alkanes of at least 4 members (excludes halogenated alkanes) is 3. The van der Waals surface area contributed by atoms with Crippen molar-refractivity contribution in [1.82, 2.24) is 5.32 Å². The van der Waals surface area contributed by atoms with Gasteiger partial charge >= 0.3 is 5.97 Å². The smallest absolute Gasteiger partial charge is 0.314 e. The number of nitrogens with one attached hydrogen (secondary N) is 1. The lowest BCUT2D eigenvalue weighted by atomic mass is 10.1. The molecule has 0 saturated heterocycles. The highest BCUT2D eigenvalue weighted by Gasteiger charge is 2.19. The monoisotopic (exact) mass is 443 g/mol. The molecule has 1 aliphatic carbocycles. The lowest BCUT2D eigenvalue weighted by Gasteiger charge is -2.25. The summed E-state index contributed by atoms with van der Waals surface area (Å²) in [6.07, 6.45) is 10.5. The minimum atomic E-state index is -1.06. The summed E-state index contributed by atoms with van der Waals surface area (Å²) in [5.41, 5.74) is 0.710. The van der Waals surface area contributed by atoms with E-state index in [9.17, 15) is 9.18 Å². The molecule has 0 spiro atoms. The van der Waals surface area contributed by atoms with Crippen LogP contribution in [0.15, 0.2) is 35.7 Å². The third-order valence-electron chi connectivity index (χ3n) is 4.84. The Morgan fingerprint density at radius 3 is 2.70 bits per heavy atom. The van der Waals surface area contributed by atoms with Gasteiger partial charge < -0.3 is 19.9 Å². The Labute approximate surface area is 185 Å². The molecule has 30 heavy (non-hydrogen) atoms. The third-order valence-corrected chi connectivity index (χ3v) is 6.03. The largest absolute Gasteiger partial charge is 0.481 e. The van der Waals surface area contributed by atoms with Gasteiger partial charge in [0, 0.05) is 24.4 Å². The van der Waals surface area contributed by atoms with Gasteiger partial charge in [-0.2, -0.15) is 11.8 Å². The molecule has 7 heteroatoms. The fraction of sp³-hybridized carbons (Fsp3) is 0.696. The van der Waals surface area contributed by atoms with Gasteiger partial charge in [-0.1, -0.05) is 52.2 Å². The van der Waals surface area contributed by atoms with Crippen LogP contribution in [0, 0.1) is 5.92 Å². The maximum atomic E-state index is 13.9. The Balaban J connectivity index is 2.43. The first-order valence-corrected chi connectivity index (χ1v) is 12.0. The number of carboxylic acid groups (broad SMARTS) is 1. The fourth-order valence-corrected chi connectivity index (χ4v) is 3.97. The Morgan fingerprint density at radius 1 is 1.23 bits per heavy atom. The number of allylic oxidation sites excluding steroid dienone is 2. The normalized spacial score (nSPS) is 18.5. The number of rotatable bonds is 17. The zero-order valence-corrected chi connectivity index (χ0v) is 19.4. The van der Waals surface area contributed by atoms with Crippen molar-refractivity contribution in [2.75, 3.05) is 38.7 Å². The van der Waals surface area contributed by atoms with Gasteiger partial charge in [-0.3, -0.25) is 4.79 Å². The third kappa shape index (κ3) is 11.9. The van der Waals surface area contributed by atoms with E-state index in [1.54, 1.807) is 6.08 Å². The van der Waals surface area contributed by atoms with Crippen LogP contribution in [-0.4, -0.2) is 61.1 Å². The zero-order valence-electron chi connectivity index (χ0n) is 18.6. The van der Waals surface area contributed by atoms with Gasteiger partial charge in [0.15, 0.2) is 0 Å². The molecule has 0 fully saturated rings. The Bertz CT molecular complexity index is 580. The lowest BCUT2D eigenvalue weighted by molar-refractivity contribution is -0.138. The molecule has 0 saturated carbocycles. The van der Waals surface area contributed by atoms with E-state index < -0.39 is 17.7 Å². The Morgan fingerprint density at radius 2 is 2.00 bits per heavy atom. The molecule has 0 amide bonds. The minimum Gasteiger partial charge on any atom is -0.481 e. The molecule has 0 aromatic heterocycles. The summed E-state index contributed by atoms with van der Waals surface area (Å²) in [5, 5.41) is 12.9. The van der Waals surface area contributed by atoms with Crippen LogP contribution in [0.5, 0.6) is 0 Å². The molecule has 0 radical (unpaired) electrons. The first-order chi connectivity index (χ1) is 14.5. The summed E-state index contributed by atoms with van der Waals surface area (Å²) in [6, 6.07) is 0.0966. The molecule has 2 unspecified atom stereocenters. The quantitative estimate of drug-likeness (QED) is 0.316. The van der Waals surface area contributed by atoms with Crippen LogP contribution in [0.4, 0.5) is 4.39 Å².